The molecule has 0 saturated carbocycles. The van der Waals surface area contributed by atoms with Crippen molar-refractivity contribution in [3.63, 3.8) is 0 Å². The van der Waals surface area contributed by atoms with Gasteiger partial charge in [0.15, 0.2) is 5.82 Å². The molecule has 1 aliphatic rings. The maximum absolute atomic E-state index is 3.89. The highest BCUT2D eigenvalue weighted by atomic mass is 15.2. The van der Waals surface area contributed by atoms with Crippen LogP contribution in [0.2, 0.25) is 0 Å². The Morgan fingerprint density at radius 2 is 2.58 bits per heavy atom. The molecule has 0 amide bonds. The highest BCUT2D eigenvalue weighted by molar-refractivity contribution is 5.30. The first-order valence-electron chi connectivity index (χ1n) is 4.05. The van der Waals surface area contributed by atoms with E-state index >= 15 is 0 Å². The van der Waals surface area contributed by atoms with E-state index in [9.17, 15) is 0 Å². The lowest BCUT2D eigenvalue weighted by Crippen LogP contribution is -2.22. The van der Waals surface area contributed by atoms with E-state index in [4.69, 9.17) is 0 Å². The number of nitrogens with one attached hydrogen (secondary N) is 2. The summed E-state index contributed by atoms with van der Waals surface area (Å²) < 4.78 is 0. The summed E-state index contributed by atoms with van der Waals surface area (Å²) in [5.41, 5.74) is 0. The third kappa shape index (κ3) is 1.68. The molecule has 1 aromatic rings. The number of aromatic nitrogens is 3. The molecule has 0 aliphatic carbocycles. The SMILES string of the molecule is c1ncc(NC2CCNC2)nn1. The molecule has 2 heterocycles. The van der Waals surface area contributed by atoms with Crippen molar-refractivity contribution in [2.45, 2.75) is 12.5 Å². The molecular weight excluding hydrogens is 154 g/mol. The summed E-state index contributed by atoms with van der Waals surface area (Å²) >= 11 is 0. The van der Waals surface area contributed by atoms with Gasteiger partial charge in [0.1, 0.15) is 6.33 Å². The van der Waals surface area contributed by atoms with Crippen molar-refractivity contribution in [3.8, 4) is 0 Å². The van der Waals surface area contributed by atoms with Crippen molar-refractivity contribution >= 4 is 5.82 Å². The molecule has 1 saturated heterocycles. The van der Waals surface area contributed by atoms with E-state index in [1.54, 1.807) is 6.20 Å². The summed E-state index contributed by atoms with van der Waals surface area (Å²) in [6.45, 7) is 2.07. The summed E-state index contributed by atoms with van der Waals surface area (Å²) in [5.74, 6) is 0.756. The van der Waals surface area contributed by atoms with Crippen LogP contribution in [0, 0.1) is 0 Å². The maximum Gasteiger partial charge on any atom is 0.167 e. The Morgan fingerprint density at radius 1 is 1.58 bits per heavy atom. The lowest BCUT2D eigenvalue weighted by molar-refractivity contribution is 0.779. The van der Waals surface area contributed by atoms with Gasteiger partial charge >= 0.3 is 0 Å². The molecule has 64 valence electrons. The summed E-state index contributed by atoms with van der Waals surface area (Å²) in [7, 11) is 0. The highest BCUT2D eigenvalue weighted by Gasteiger charge is 2.13. The first-order chi connectivity index (χ1) is 5.95. The lowest BCUT2D eigenvalue weighted by atomic mass is 10.3. The molecule has 2 rings (SSSR count). The molecule has 0 aromatic carbocycles. The fraction of sp³-hybridized carbons (Fsp3) is 0.571. The first kappa shape index (κ1) is 7.42. The molecular formula is C7H11N5. The zero-order valence-electron chi connectivity index (χ0n) is 6.70. The first-order valence-corrected chi connectivity index (χ1v) is 4.05. The van der Waals surface area contributed by atoms with E-state index in [1.807, 2.05) is 0 Å². The van der Waals surface area contributed by atoms with Crippen LogP contribution in [-0.2, 0) is 0 Å². The zero-order chi connectivity index (χ0) is 8.23. The van der Waals surface area contributed by atoms with E-state index in [0.717, 1.165) is 25.3 Å². The fourth-order valence-electron chi connectivity index (χ4n) is 1.30. The molecule has 0 bridgehead atoms. The molecule has 12 heavy (non-hydrogen) atoms. The van der Waals surface area contributed by atoms with E-state index in [-0.39, 0.29) is 0 Å². The number of anilines is 1. The number of hydrogen-bond acceptors (Lipinski definition) is 5. The summed E-state index contributed by atoms with van der Waals surface area (Å²) in [5, 5.41) is 14.1. The smallest absolute Gasteiger partial charge is 0.167 e. The predicted octanol–water partition coefficient (Wildman–Crippen LogP) is -0.355. The van der Waals surface area contributed by atoms with Gasteiger partial charge in [0.2, 0.25) is 0 Å². The summed E-state index contributed by atoms with van der Waals surface area (Å²) in [4.78, 5) is 3.87. The minimum absolute atomic E-state index is 0.475. The van der Waals surface area contributed by atoms with E-state index in [1.165, 1.54) is 6.33 Å². The van der Waals surface area contributed by atoms with Crippen LogP contribution in [0.3, 0.4) is 0 Å². The van der Waals surface area contributed by atoms with E-state index < -0.39 is 0 Å². The van der Waals surface area contributed by atoms with Gasteiger partial charge in [0, 0.05) is 12.6 Å². The summed E-state index contributed by atoms with van der Waals surface area (Å²) in [6.07, 6.45) is 4.25. The van der Waals surface area contributed by atoms with Crippen molar-refractivity contribution in [2.75, 3.05) is 18.4 Å². The minimum atomic E-state index is 0.475. The number of nitrogens with zero attached hydrogens (tertiary/aromatic N) is 3. The van der Waals surface area contributed by atoms with Crippen molar-refractivity contribution in [3.05, 3.63) is 12.5 Å². The summed E-state index contributed by atoms with van der Waals surface area (Å²) in [6, 6.07) is 0.475. The van der Waals surface area contributed by atoms with Crippen LogP contribution in [0.1, 0.15) is 6.42 Å². The van der Waals surface area contributed by atoms with Crippen LogP contribution in [0.5, 0.6) is 0 Å². The molecule has 0 radical (unpaired) electrons. The van der Waals surface area contributed by atoms with Gasteiger partial charge in [-0.25, -0.2) is 4.98 Å². The Hall–Kier alpha value is -1.23. The van der Waals surface area contributed by atoms with Crippen molar-refractivity contribution in [2.24, 2.45) is 0 Å². The number of rotatable bonds is 2. The average Bonchev–Trinajstić information content (AvgIpc) is 2.59. The predicted molar refractivity (Wildman–Crippen MR) is 44.7 cm³/mol. The molecule has 1 unspecified atom stereocenters. The topological polar surface area (TPSA) is 62.7 Å². The monoisotopic (exact) mass is 165 g/mol. The third-order valence-electron chi connectivity index (χ3n) is 1.89. The Labute approximate surface area is 70.6 Å². The molecule has 1 aromatic heterocycles. The van der Waals surface area contributed by atoms with Gasteiger partial charge in [-0.1, -0.05) is 0 Å². The molecule has 2 N–H and O–H groups in total. The van der Waals surface area contributed by atoms with Crippen LogP contribution >= 0.6 is 0 Å². The van der Waals surface area contributed by atoms with Crippen molar-refractivity contribution < 1.29 is 0 Å². The lowest BCUT2D eigenvalue weighted by Gasteiger charge is -2.09. The van der Waals surface area contributed by atoms with Gasteiger partial charge in [-0.3, -0.25) is 0 Å². The Morgan fingerprint density at radius 3 is 3.25 bits per heavy atom. The number of hydrogen-bond donors (Lipinski definition) is 2. The molecule has 5 heteroatoms. The van der Waals surface area contributed by atoms with Crippen LogP contribution in [0.25, 0.3) is 0 Å². The fourth-order valence-corrected chi connectivity index (χ4v) is 1.30. The van der Waals surface area contributed by atoms with Gasteiger partial charge in [-0.2, -0.15) is 0 Å². The van der Waals surface area contributed by atoms with Crippen LogP contribution in [-0.4, -0.2) is 34.3 Å². The second-order valence-corrected chi connectivity index (χ2v) is 2.83. The molecule has 5 nitrogen and oxygen atoms in total. The van der Waals surface area contributed by atoms with E-state index in [0.29, 0.717) is 6.04 Å². The highest BCUT2D eigenvalue weighted by Crippen LogP contribution is 2.05. The second-order valence-electron chi connectivity index (χ2n) is 2.83. The van der Waals surface area contributed by atoms with Gasteiger partial charge < -0.3 is 10.6 Å². The largest absolute Gasteiger partial charge is 0.363 e. The minimum Gasteiger partial charge on any atom is -0.363 e. The standard InChI is InChI=1S/C7H11N5/c1-2-8-3-6(1)11-7-4-9-5-10-12-7/h4-6,8H,1-3H2,(H,11,12). The molecule has 1 aliphatic heterocycles. The second kappa shape index (κ2) is 3.44. The normalized spacial score (nSPS) is 22.5. The Balaban J connectivity index is 1.94. The molecule has 1 atom stereocenters. The van der Waals surface area contributed by atoms with Gasteiger partial charge in [-0.15, -0.1) is 10.2 Å². The van der Waals surface area contributed by atoms with Crippen molar-refractivity contribution in [1.29, 1.82) is 0 Å². The Kier molecular flexibility index (Phi) is 2.13. The average molecular weight is 165 g/mol. The third-order valence-corrected chi connectivity index (χ3v) is 1.89. The maximum atomic E-state index is 3.89. The van der Waals surface area contributed by atoms with Crippen molar-refractivity contribution in [1.82, 2.24) is 20.5 Å². The Bertz CT molecular complexity index is 231. The van der Waals surface area contributed by atoms with Crippen LogP contribution < -0.4 is 10.6 Å². The molecule has 1 fully saturated rings. The quantitative estimate of drug-likeness (QED) is 0.627. The zero-order valence-corrected chi connectivity index (χ0v) is 6.70. The van der Waals surface area contributed by atoms with Crippen LogP contribution in [0.4, 0.5) is 5.82 Å². The van der Waals surface area contributed by atoms with Gasteiger partial charge in [0.25, 0.3) is 0 Å². The van der Waals surface area contributed by atoms with Gasteiger partial charge in [-0.05, 0) is 13.0 Å². The van der Waals surface area contributed by atoms with E-state index in [2.05, 4.69) is 25.8 Å². The molecule has 0 spiro atoms. The van der Waals surface area contributed by atoms with Gasteiger partial charge in [0.05, 0.1) is 6.20 Å². The van der Waals surface area contributed by atoms with Crippen LogP contribution in [0.15, 0.2) is 12.5 Å².